The van der Waals surface area contributed by atoms with Crippen LogP contribution in [0.5, 0.6) is 5.75 Å². The number of anilines is 2. The Bertz CT molecular complexity index is 402. The highest BCUT2D eigenvalue weighted by molar-refractivity contribution is 5.95. The van der Waals surface area contributed by atoms with E-state index in [0.29, 0.717) is 5.92 Å². The van der Waals surface area contributed by atoms with Crippen molar-refractivity contribution >= 4 is 17.3 Å². The second-order valence-corrected chi connectivity index (χ2v) is 4.32. The number of carbonyl (C=O) groups is 1. The monoisotopic (exact) mass is 220 g/mol. The van der Waals surface area contributed by atoms with Crippen molar-refractivity contribution < 1.29 is 9.53 Å². The molecule has 0 fully saturated rings. The van der Waals surface area contributed by atoms with E-state index in [4.69, 9.17) is 4.74 Å². The lowest BCUT2D eigenvalue weighted by Crippen LogP contribution is -2.25. The zero-order valence-corrected chi connectivity index (χ0v) is 9.54. The van der Waals surface area contributed by atoms with E-state index in [1.54, 1.807) is 0 Å². The maximum absolute atomic E-state index is 11.1. The van der Waals surface area contributed by atoms with Gasteiger partial charge in [-0.25, -0.2) is 0 Å². The van der Waals surface area contributed by atoms with Gasteiger partial charge in [-0.3, -0.25) is 4.79 Å². The molecule has 4 heteroatoms. The van der Waals surface area contributed by atoms with E-state index in [1.807, 2.05) is 18.2 Å². The van der Waals surface area contributed by atoms with Crippen molar-refractivity contribution in [2.75, 3.05) is 23.8 Å². The Hall–Kier alpha value is -1.71. The Labute approximate surface area is 95.0 Å². The van der Waals surface area contributed by atoms with Gasteiger partial charge in [0.2, 0.25) is 0 Å². The Kier molecular flexibility index (Phi) is 2.99. The normalized spacial score (nSPS) is 14.1. The SMILES string of the molecule is CC(C)CNc1ccc2c(c1)NC(=O)CO2. The molecule has 0 aromatic heterocycles. The van der Waals surface area contributed by atoms with Gasteiger partial charge in [-0.05, 0) is 24.1 Å². The number of hydrogen-bond acceptors (Lipinski definition) is 3. The van der Waals surface area contributed by atoms with Gasteiger partial charge in [-0.15, -0.1) is 0 Å². The highest BCUT2D eigenvalue weighted by Crippen LogP contribution is 2.30. The predicted octanol–water partition coefficient (Wildman–Crippen LogP) is 2.09. The first-order valence-electron chi connectivity index (χ1n) is 5.46. The topological polar surface area (TPSA) is 50.4 Å². The Balaban J connectivity index is 2.12. The van der Waals surface area contributed by atoms with Gasteiger partial charge in [0.25, 0.3) is 5.91 Å². The van der Waals surface area contributed by atoms with E-state index >= 15 is 0 Å². The minimum absolute atomic E-state index is 0.103. The summed E-state index contributed by atoms with van der Waals surface area (Å²) in [4.78, 5) is 11.1. The maximum Gasteiger partial charge on any atom is 0.262 e. The van der Waals surface area contributed by atoms with E-state index in [1.165, 1.54) is 0 Å². The molecule has 1 amide bonds. The fraction of sp³-hybridized carbons (Fsp3) is 0.417. The fourth-order valence-electron chi connectivity index (χ4n) is 1.52. The number of fused-ring (bicyclic) bond motifs is 1. The first-order chi connectivity index (χ1) is 7.65. The Morgan fingerprint density at radius 3 is 3.06 bits per heavy atom. The van der Waals surface area contributed by atoms with Crippen LogP contribution >= 0.6 is 0 Å². The van der Waals surface area contributed by atoms with Crippen molar-refractivity contribution in [3.8, 4) is 5.75 Å². The summed E-state index contributed by atoms with van der Waals surface area (Å²) in [5.74, 6) is 1.21. The van der Waals surface area contributed by atoms with Crippen molar-refractivity contribution in [3.05, 3.63) is 18.2 Å². The van der Waals surface area contributed by atoms with Crippen LogP contribution in [0.2, 0.25) is 0 Å². The molecular weight excluding hydrogens is 204 g/mol. The molecule has 0 spiro atoms. The molecule has 0 saturated heterocycles. The minimum Gasteiger partial charge on any atom is -0.482 e. The first-order valence-corrected chi connectivity index (χ1v) is 5.46. The molecule has 0 radical (unpaired) electrons. The quantitative estimate of drug-likeness (QED) is 0.820. The van der Waals surface area contributed by atoms with Crippen LogP contribution in [0.3, 0.4) is 0 Å². The summed E-state index contributed by atoms with van der Waals surface area (Å²) in [7, 11) is 0. The summed E-state index contributed by atoms with van der Waals surface area (Å²) >= 11 is 0. The third-order valence-corrected chi connectivity index (χ3v) is 2.33. The van der Waals surface area contributed by atoms with Gasteiger partial charge in [-0.1, -0.05) is 13.8 Å². The molecule has 0 bridgehead atoms. The smallest absolute Gasteiger partial charge is 0.262 e. The summed E-state index contributed by atoms with van der Waals surface area (Å²) in [6, 6.07) is 5.73. The zero-order valence-electron chi connectivity index (χ0n) is 9.54. The molecule has 4 nitrogen and oxygen atoms in total. The molecule has 0 unspecified atom stereocenters. The summed E-state index contributed by atoms with van der Waals surface area (Å²) < 4.78 is 5.28. The molecule has 0 atom stereocenters. The lowest BCUT2D eigenvalue weighted by Gasteiger charge is -2.19. The first kappa shape index (κ1) is 10.8. The summed E-state index contributed by atoms with van der Waals surface area (Å²) in [5.41, 5.74) is 1.74. The highest BCUT2D eigenvalue weighted by atomic mass is 16.5. The van der Waals surface area contributed by atoms with Gasteiger partial charge in [0.05, 0.1) is 5.69 Å². The van der Waals surface area contributed by atoms with Crippen molar-refractivity contribution in [1.29, 1.82) is 0 Å². The van der Waals surface area contributed by atoms with Crippen LogP contribution in [0, 0.1) is 5.92 Å². The number of nitrogens with one attached hydrogen (secondary N) is 2. The third-order valence-electron chi connectivity index (χ3n) is 2.33. The largest absolute Gasteiger partial charge is 0.482 e. The highest BCUT2D eigenvalue weighted by Gasteiger charge is 2.15. The second-order valence-electron chi connectivity index (χ2n) is 4.32. The van der Waals surface area contributed by atoms with Crippen molar-refractivity contribution in [2.24, 2.45) is 5.92 Å². The summed E-state index contributed by atoms with van der Waals surface area (Å²) in [6.45, 7) is 5.31. The predicted molar refractivity (Wildman–Crippen MR) is 63.9 cm³/mol. The molecule has 16 heavy (non-hydrogen) atoms. The number of benzene rings is 1. The van der Waals surface area contributed by atoms with Crippen molar-refractivity contribution in [2.45, 2.75) is 13.8 Å². The molecular formula is C12H16N2O2. The van der Waals surface area contributed by atoms with Crippen molar-refractivity contribution in [1.82, 2.24) is 0 Å². The maximum atomic E-state index is 11.1. The molecule has 1 aliphatic heterocycles. The van der Waals surface area contributed by atoms with E-state index in [0.717, 1.165) is 23.7 Å². The average molecular weight is 220 g/mol. The van der Waals surface area contributed by atoms with E-state index in [2.05, 4.69) is 24.5 Å². The van der Waals surface area contributed by atoms with Crippen LogP contribution in [0.15, 0.2) is 18.2 Å². The number of hydrogen-bond donors (Lipinski definition) is 2. The Morgan fingerprint density at radius 2 is 2.31 bits per heavy atom. The fourth-order valence-corrected chi connectivity index (χ4v) is 1.52. The van der Waals surface area contributed by atoms with Gasteiger partial charge in [0.15, 0.2) is 6.61 Å². The zero-order chi connectivity index (χ0) is 11.5. The van der Waals surface area contributed by atoms with Gasteiger partial charge < -0.3 is 15.4 Å². The molecule has 2 rings (SSSR count). The van der Waals surface area contributed by atoms with Gasteiger partial charge in [-0.2, -0.15) is 0 Å². The standard InChI is InChI=1S/C12H16N2O2/c1-8(2)6-13-9-3-4-11-10(5-9)14-12(15)7-16-11/h3-5,8,13H,6-7H2,1-2H3,(H,14,15). The molecule has 1 aromatic carbocycles. The molecule has 2 N–H and O–H groups in total. The van der Waals surface area contributed by atoms with Crippen LogP contribution in [0.25, 0.3) is 0 Å². The van der Waals surface area contributed by atoms with Gasteiger partial charge >= 0.3 is 0 Å². The summed E-state index contributed by atoms with van der Waals surface area (Å²) in [6.07, 6.45) is 0. The van der Waals surface area contributed by atoms with Crippen LogP contribution in [-0.2, 0) is 4.79 Å². The Morgan fingerprint density at radius 1 is 1.50 bits per heavy atom. The van der Waals surface area contributed by atoms with E-state index in [9.17, 15) is 4.79 Å². The third kappa shape index (κ3) is 2.45. The molecule has 1 heterocycles. The van der Waals surface area contributed by atoms with Crippen LogP contribution in [0.4, 0.5) is 11.4 Å². The number of amides is 1. The summed E-state index contributed by atoms with van der Waals surface area (Å²) in [5, 5.41) is 6.09. The molecule has 86 valence electrons. The second kappa shape index (κ2) is 4.43. The van der Waals surface area contributed by atoms with Crippen LogP contribution < -0.4 is 15.4 Å². The lowest BCUT2D eigenvalue weighted by molar-refractivity contribution is -0.118. The van der Waals surface area contributed by atoms with E-state index < -0.39 is 0 Å². The number of carbonyl (C=O) groups excluding carboxylic acids is 1. The molecule has 1 aliphatic rings. The molecule has 1 aromatic rings. The molecule has 0 aliphatic carbocycles. The lowest BCUT2D eigenvalue weighted by atomic mass is 10.2. The van der Waals surface area contributed by atoms with Gasteiger partial charge in [0, 0.05) is 12.2 Å². The number of rotatable bonds is 3. The van der Waals surface area contributed by atoms with Crippen molar-refractivity contribution in [3.63, 3.8) is 0 Å². The van der Waals surface area contributed by atoms with Crippen LogP contribution in [-0.4, -0.2) is 19.1 Å². The minimum atomic E-state index is -0.103. The van der Waals surface area contributed by atoms with Crippen LogP contribution in [0.1, 0.15) is 13.8 Å². The van der Waals surface area contributed by atoms with E-state index in [-0.39, 0.29) is 12.5 Å². The average Bonchev–Trinajstić information content (AvgIpc) is 2.25. The molecule has 0 saturated carbocycles. The van der Waals surface area contributed by atoms with Gasteiger partial charge in [0.1, 0.15) is 5.75 Å². The number of ether oxygens (including phenoxy) is 1.